The van der Waals surface area contributed by atoms with Gasteiger partial charge in [-0.1, -0.05) is 6.08 Å². The number of hydrogen-bond donors (Lipinski definition) is 1. The molecule has 1 aliphatic heterocycles. The number of aromatic hydroxyl groups is 1. The van der Waals surface area contributed by atoms with Crippen molar-refractivity contribution in [3.63, 3.8) is 0 Å². The van der Waals surface area contributed by atoms with Crippen LogP contribution in [0.3, 0.4) is 0 Å². The highest BCUT2D eigenvalue weighted by molar-refractivity contribution is 5.97. The minimum absolute atomic E-state index is 0.0546. The summed E-state index contributed by atoms with van der Waals surface area (Å²) in [5.41, 5.74) is 1.50. The molecule has 0 unspecified atom stereocenters. The van der Waals surface area contributed by atoms with Crippen molar-refractivity contribution in [3.8, 4) is 11.5 Å². The van der Waals surface area contributed by atoms with Gasteiger partial charge in [-0.25, -0.2) is 0 Å². The Bertz CT molecular complexity index is 525. The molecule has 0 saturated heterocycles. The molecule has 0 saturated carbocycles. The molecule has 0 aliphatic carbocycles. The smallest absolute Gasteiger partial charge is 0.257 e. The topological polar surface area (TPSA) is 59.0 Å². The minimum Gasteiger partial charge on any atom is -0.507 e. The molecule has 0 atom stereocenters. The van der Waals surface area contributed by atoms with E-state index in [0.717, 1.165) is 6.42 Å². The van der Waals surface area contributed by atoms with Crippen LogP contribution in [0.4, 0.5) is 0 Å². The summed E-state index contributed by atoms with van der Waals surface area (Å²) in [5.74, 6) is 0.304. The van der Waals surface area contributed by atoms with Crippen LogP contribution in [0.15, 0.2) is 29.8 Å². The van der Waals surface area contributed by atoms with Crippen molar-refractivity contribution in [1.82, 2.24) is 4.90 Å². The molecule has 1 amide bonds. The first kappa shape index (κ1) is 14.4. The van der Waals surface area contributed by atoms with Gasteiger partial charge in [-0.3, -0.25) is 4.79 Å². The average Bonchev–Trinajstić information content (AvgIpc) is 2.47. The molecule has 1 aromatic carbocycles. The third kappa shape index (κ3) is 3.11. The highest BCUT2D eigenvalue weighted by atomic mass is 16.5. The Labute approximate surface area is 118 Å². The maximum absolute atomic E-state index is 12.3. The first-order chi connectivity index (χ1) is 9.65. The summed E-state index contributed by atoms with van der Waals surface area (Å²) < 4.78 is 10.1. The zero-order valence-electron chi connectivity index (χ0n) is 11.8. The van der Waals surface area contributed by atoms with E-state index in [4.69, 9.17) is 9.47 Å². The molecule has 1 heterocycles. The molecule has 1 N–H and O–H groups in total. The summed E-state index contributed by atoms with van der Waals surface area (Å²) in [6.45, 7) is 1.79. The highest BCUT2D eigenvalue weighted by Crippen LogP contribution is 2.25. The van der Waals surface area contributed by atoms with Crippen molar-refractivity contribution >= 4 is 5.91 Å². The van der Waals surface area contributed by atoms with Gasteiger partial charge in [0.25, 0.3) is 5.91 Å². The Kier molecular flexibility index (Phi) is 4.63. The van der Waals surface area contributed by atoms with Gasteiger partial charge in [0, 0.05) is 26.3 Å². The molecule has 0 aromatic heterocycles. The van der Waals surface area contributed by atoms with Gasteiger partial charge < -0.3 is 19.5 Å². The largest absolute Gasteiger partial charge is 0.507 e. The first-order valence-electron chi connectivity index (χ1n) is 6.49. The SMILES string of the molecule is COCC1=CCN(C(=O)c2ccc(OC)cc2O)CC1. The van der Waals surface area contributed by atoms with Crippen molar-refractivity contribution in [2.45, 2.75) is 6.42 Å². The lowest BCUT2D eigenvalue weighted by atomic mass is 10.1. The van der Waals surface area contributed by atoms with E-state index in [-0.39, 0.29) is 11.7 Å². The van der Waals surface area contributed by atoms with E-state index in [1.54, 1.807) is 24.1 Å². The predicted octanol–water partition coefficient (Wildman–Crippen LogP) is 1.82. The van der Waals surface area contributed by atoms with E-state index in [1.807, 2.05) is 6.08 Å². The second-order valence-electron chi connectivity index (χ2n) is 4.68. The summed E-state index contributed by atoms with van der Waals surface area (Å²) in [6.07, 6.45) is 2.81. The molecule has 0 bridgehead atoms. The molecule has 108 valence electrons. The number of ether oxygens (including phenoxy) is 2. The van der Waals surface area contributed by atoms with Gasteiger partial charge in [0.05, 0.1) is 19.3 Å². The fourth-order valence-corrected chi connectivity index (χ4v) is 2.20. The summed E-state index contributed by atoms with van der Waals surface area (Å²) in [6, 6.07) is 4.71. The van der Waals surface area contributed by atoms with Gasteiger partial charge in [-0.05, 0) is 24.1 Å². The fraction of sp³-hybridized carbons (Fsp3) is 0.400. The number of amides is 1. The van der Waals surface area contributed by atoms with Gasteiger partial charge in [0.1, 0.15) is 11.5 Å². The molecule has 5 heteroatoms. The number of carbonyl (C=O) groups excluding carboxylic acids is 1. The van der Waals surface area contributed by atoms with Crippen molar-refractivity contribution < 1.29 is 19.4 Å². The van der Waals surface area contributed by atoms with Gasteiger partial charge in [-0.2, -0.15) is 0 Å². The Morgan fingerprint density at radius 3 is 2.75 bits per heavy atom. The monoisotopic (exact) mass is 277 g/mol. The molecule has 2 rings (SSSR count). The third-order valence-corrected chi connectivity index (χ3v) is 3.36. The quantitative estimate of drug-likeness (QED) is 0.853. The van der Waals surface area contributed by atoms with E-state index in [9.17, 15) is 9.90 Å². The van der Waals surface area contributed by atoms with Crippen molar-refractivity contribution in [1.29, 1.82) is 0 Å². The number of hydrogen-bond acceptors (Lipinski definition) is 4. The number of carbonyl (C=O) groups is 1. The number of nitrogens with zero attached hydrogens (tertiary/aromatic N) is 1. The van der Waals surface area contributed by atoms with Gasteiger partial charge in [0.15, 0.2) is 0 Å². The molecule has 0 spiro atoms. The molecule has 0 fully saturated rings. The predicted molar refractivity (Wildman–Crippen MR) is 75.1 cm³/mol. The van der Waals surface area contributed by atoms with Crippen molar-refractivity contribution in [3.05, 3.63) is 35.4 Å². The summed E-state index contributed by atoms with van der Waals surface area (Å²) in [4.78, 5) is 14.1. The molecular weight excluding hydrogens is 258 g/mol. The number of phenolic OH excluding ortho intramolecular Hbond substituents is 1. The van der Waals surface area contributed by atoms with E-state index in [0.29, 0.717) is 31.0 Å². The Balaban J connectivity index is 2.09. The van der Waals surface area contributed by atoms with Crippen LogP contribution in [-0.4, -0.2) is 49.8 Å². The second kappa shape index (κ2) is 6.43. The lowest BCUT2D eigenvalue weighted by molar-refractivity contribution is 0.0762. The van der Waals surface area contributed by atoms with Crippen LogP contribution in [0, 0.1) is 0 Å². The molecule has 1 aliphatic rings. The van der Waals surface area contributed by atoms with Gasteiger partial charge >= 0.3 is 0 Å². The third-order valence-electron chi connectivity index (χ3n) is 3.36. The lowest BCUT2D eigenvalue weighted by Crippen LogP contribution is -2.35. The van der Waals surface area contributed by atoms with Crippen molar-refractivity contribution in [2.24, 2.45) is 0 Å². The second-order valence-corrected chi connectivity index (χ2v) is 4.68. The number of benzene rings is 1. The van der Waals surface area contributed by atoms with E-state index in [1.165, 1.54) is 18.7 Å². The van der Waals surface area contributed by atoms with Crippen LogP contribution in [0.25, 0.3) is 0 Å². The van der Waals surface area contributed by atoms with Crippen LogP contribution in [-0.2, 0) is 4.74 Å². The zero-order valence-corrected chi connectivity index (χ0v) is 11.8. The summed E-state index contributed by atoms with van der Waals surface area (Å²) in [7, 11) is 3.18. The summed E-state index contributed by atoms with van der Waals surface area (Å²) >= 11 is 0. The van der Waals surface area contributed by atoms with Gasteiger partial charge in [-0.15, -0.1) is 0 Å². The van der Waals surface area contributed by atoms with Crippen LogP contribution in [0.1, 0.15) is 16.8 Å². The number of phenols is 1. The fourth-order valence-electron chi connectivity index (χ4n) is 2.20. The Morgan fingerprint density at radius 1 is 1.40 bits per heavy atom. The molecule has 1 aromatic rings. The highest BCUT2D eigenvalue weighted by Gasteiger charge is 2.21. The van der Waals surface area contributed by atoms with E-state index in [2.05, 4.69) is 0 Å². The molecule has 0 radical (unpaired) electrons. The lowest BCUT2D eigenvalue weighted by Gasteiger charge is -2.26. The van der Waals surface area contributed by atoms with E-state index < -0.39 is 0 Å². The van der Waals surface area contributed by atoms with Crippen LogP contribution >= 0.6 is 0 Å². The van der Waals surface area contributed by atoms with E-state index >= 15 is 0 Å². The normalized spacial score (nSPS) is 14.9. The molecule has 5 nitrogen and oxygen atoms in total. The standard InChI is InChI=1S/C15H19NO4/c1-19-10-11-5-7-16(8-6-11)15(18)13-4-3-12(20-2)9-14(13)17/h3-5,9,17H,6-8,10H2,1-2H3. The number of methoxy groups -OCH3 is 2. The Morgan fingerprint density at radius 2 is 2.20 bits per heavy atom. The molecule has 20 heavy (non-hydrogen) atoms. The van der Waals surface area contributed by atoms with Crippen molar-refractivity contribution in [2.75, 3.05) is 33.9 Å². The maximum atomic E-state index is 12.3. The number of rotatable bonds is 4. The first-order valence-corrected chi connectivity index (χ1v) is 6.49. The Hall–Kier alpha value is -2.01. The van der Waals surface area contributed by atoms with Crippen LogP contribution in [0.5, 0.6) is 11.5 Å². The minimum atomic E-state index is -0.169. The molecular formula is C15H19NO4. The summed E-state index contributed by atoms with van der Waals surface area (Å²) in [5, 5.41) is 9.90. The van der Waals surface area contributed by atoms with Crippen LogP contribution < -0.4 is 4.74 Å². The average molecular weight is 277 g/mol. The zero-order chi connectivity index (χ0) is 14.5. The van der Waals surface area contributed by atoms with Crippen LogP contribution in [0.2, 0.25) is 0 Å². The maximum Gasteiger partial charge on any atom is 0.257 e. The van der Waals surface area contributed by atoms with Gasteiger partial charge in [0.2, 0.25) is 0 Å².